The lowest BCUT2D eigenvalue weighted by molar-refractivity contribution is 0.112. The number of carbonyl (C=O) groups excluding carboxylic acids is 1. The molecule has 2 heterocycles. The van der Waals surface area contributed by atoms with E-state index in [1.165, 1.54) is 6.42 Å². The summed E-state index contributed by atoms with van der Waals surface area (Å²) in [5.74, 6) is 0.904. The molecule has 1 fully saturated rings. The largest absolute Gasteiger partial charge is 0.394 e. The van der Waals surface area contributed by atoms with Crippen molar-refractivity contribution < 1.29 is 9.90 Å². The van der Waals surface area contributed by atoms with Gasteiger partial charge in [0.15, 0.2) is 6.29 Å². The fraction of sp³-hybridized carbons (Fsp3) is 0.571. The van der Waals surface area contributed by atoms with E-state index < -0.39 is 0 Å². The van der Waals surface area contributed by atoms with E-state index in [1.54, 1.807) is 6.20 Å². The third kappa shape index (κ3) is 2.70. The first-order valence-electron chi connectivity index (χ1n) is 6.55. The molecule has 1 saturated heterocycles. The second-order valence-corrected chi connectivity index (χ2v) is 4.91. The molecular weight excluding hydrogens is 228 g/mol. The number of aliphatic hydroxyl groups excluding tert-OH is 1. The molecule has 0 aliphatic carbocycles. The first-order valence-corrected chi connectivity index (χ1v) is 6.55. The molecule has 4 heteroatoms. The van der Waals surface area contributed by atoms with Crippen molar-refractivity contribution >= 4 is 12.1 Å². The average Bonchev–Trinajstić information content (AvgIpc) is 2.63. The number of rotatable bonds is 3. The van der Waals surface area contributed by atoms with Crippen molar-refractivity contribution in [1.82, 2.24) is 4.98 Å². The molecule has 1 aliphatic rings. The first-order chi connectivity index (χ1) is 8.76. The van der Waals surface area contributed by atoms with Gasteiger partial charge in [-0.05, 0) is 31.4 Å². The standard InChI is InChI=1S/C14H20N2O2/c1-11-7-12(9-17)8-15-14(11)16-6-4-2-3-5-13(16)10-18/h7-9,13,18H,2-6,10H2,1H3. The Morgan fingerprint density at radius 2 is 2.33 bits per heavy atom. The molecule has 1 aromatic heterocycles. The molecule has 0 aromatic carbocycles. The summed E-state index contributed by atoms with van der Waals surface area (Å²) < 4.78 is 0. The number of nitrogens with zero attached hydrogens (tertiary/aromatic N) is 2. The lowest BCUT2D eigenvalue weighted by Gasteiger charge is -2.30. The van der Waals surface area contributed by atoms with Crippen LogP contribution in [0.2, 0.25) is 0 Å². The summed E-state index contributed by atoms with van der Waals surface area (Å²) >= 11 is 0. The molecule has 18 heavy (non-hydrogen) atoms. The van der Waals surface area contributed by atoms with Crippen molar-refractivity contribution in [2.75, 3.05) is 18.1 Å². The number of aromatic nitrogens is 1. The summed E-state index contributed by atoms with van der Waals surface area (Å²) in [5.41, 5.74) is 1.60. The normalized spacial score (nSPS) is 20.6. The Hall–Kier alpha value is -1.42. The number of carbonyl (C=O) groups is 1. The zero-order chi connectivity index (χ0) is 13.0. The van der Waals surface area contributed by atoms with Gasteiger partial charge in [-0.25, -0.2) is 4.98 Å². The van der Waals surface area contributed by atoms with Crippen LogP contribution in [-0.4, -0.2) is 35.6 Å². The molecule has 0 amide bonds. The Morgan fingerprint density at radius 3 is 3.00 bits per heavy atom. The minimum atomic E-state index is 0.154. The topological polar surface area (TPSA) is 53.4 Å². The third-order valence-corrected chi connectivity index (χ3v) is 3.57. The van der Waals surface area contributed by atoms with Crippen LogP contribution in [0.25, 0.3) is 0 Å². The van der Waals surface area contributed by atoms with Crippen LogP contribution in [0.4, 0.5) is 5.82 Å². The van der Waals surface area contributed by atoms with E-state index in [4.69, 9.17) is 0 Å². The highest BCUT2D eigenvalue weighted by atomic mass is 16.3. The highest BCUT2D eigenvalue weighted by Crippen LogP contribution is 2.25. The number of pyridine rings is 1. The fourth-order valence-corrected chi connectivity index (χ4v) is 2.60. The summed E-state index contributed by atoms with van der Waals surface area (Å²) in [7, 11) is 0. The molecular formula is C14H20N2O2. The smallest absolute Gasteiger partial charge is 0.151 e. The van der Waals surface area contributed by atoms with Crippen LogP contribution >= 0.6 is 0 Å². The van der Waals surface area contributed by atoms with Gasteiger partial charge in [0.05, 0.1) is 12.6 Å². The Morgan fingerprint density at radius 1 is 1.50 bits per heavy atom. The summed E-state index contributed by atoms with van der Waals surface area (Å²) in [6, 6.07) is 2.01. The van der Waals surface area contributed by atoms with E-state index in [9.17, 15) is 9.90 Å². The van der Waals surface area contributed by atoms with Crippen molar-refractivity contribution in [3.8, 4) is 0 Å². The van der Waals surface area contributed by atoms with Gasteiger partial charge in [0.25, 0.3) is 0 Å². The molecule has 2 rings (SSSR count). The van der Waals surface area contributed by atoms with Gasteiger partial charge in [0, 0.05) is 18.3 Å². The minimum Gasteiger partial charge on any atom is -0.394 e. The Balaban J connectivity index is 2.29. The van der Waals surface area contributed by atoms with Crippen LogP contribution in [0.5, 0.6) is 0 Å². The molecule has 0 radical (unpaired) electrons. The predicted octanol–water partition coefficient (Wildman–Crippen LogP) is 1.94. The van der Waals surface area contributed by atoms with Crippen LogP contribution in [0.3, 0.4) is 0 Å². The van der Waals surface area contributed by atoms with Gasteiger partial charge in [-0.2, -0.15) is 0 Å². The van der Waals surface area contributed by atoms with Gasteiger partial charge in [0.1, 0.15) is 5.82 Å². The van der Waals surface area contributed by atoms with Crippen molar-refractivity contribution in [3.05, 3.63) is 23.4 Å². The number of aldehydes is 1. The lowest BCUT2D eigenvalue weighted by atomic mass is 10.1. The maximum atomic E-state index is 10.7. The van der Waals surface area contributed by atoms with Crippen molar-refractivity contribution in [1.29, 1.82) is 0 Å². The third-order valence-electron chi connectivity index (χ3n) is 3.57. The molecule has 1 aromatic rings. The SMILES string of the molecule is Cc1cc(C=O)cnc1N1CCCCCC1CO. The van der Waals surface area contributed by atoms with Gasteiger partial charge < -0.3 is 10.0 Å². The fourth-order valence-electron chi connectivity index (χ4n) is 2.60. The summed E-state index contributed by atoms with van der Waals surface area (Å²) in [6.07, 6.45) is 6.93. The second kappa shape index (κ2) is 5.96. The number of aliphatic hydroxyl groups is 1. The van der Waals surface area contributed by atoms with E-state index >= 15 is 0 Å². The molecule has 0 spiro atoms. The molecule has 0 saturated carbocycles. The van der Waals surface area contributed by atoms with Crippen LogP contribution in [0.15, 0.2) is 12.3 Å². The quantitative estimate of drug-likeness (QED) is 0.831. The molecule has 0 bridgehead atoms. The zero-order valence-corrected chi connectivity index (χ0v) is 10.8. The Bertz CT molecular complexity index is 420. The maximum absolute atomic E-state index is 10.7. The number of hydrogen-bond acceptors (Lipinski definition) is 4. The van der Waals surface area contributed by atoms with Gasteiger partial charge in [-0.15, -0.1) is 0 Å². The van der Waals surface area contributed by atoms with Crippen molar-refractivity contribution in [2.45, 2.75) is 38.6 Å². The predicted molar refractivity (Wildman–Crippen MR) is 71.0 cm³/mol. The molecule has 1 N–H and O–H groups in total. The van der Waals surface area contributed by atoms with Crippen molar-refractivity contribution in [3.63, 3.8) is 0 Å². The van der Waals surface area contributed by atoms with Crippen molar-refractivity contribution in [2.24, 2.45) is 0 Å². The van der Waals surface area contributed by atoms with Gasteiger partial charge in [-0.1, -0.05) is 12.8 Å². The van der Waals surface area contributed by atoms with Gasteiger partial charge in [-0.3, -0.25) is 4.79 Å². The summed E-state index contributed by atoms with van der Waals surface area (Å²) in [4.78, 5) is 17.3. The summed E-state index contributed by atoms with van der Waals surface area (Å²) in [6.45, 7) is 3.06. The van der Waals surface area contributed by atoms with E-state index in [2.05, 4.69) is 9.88 Å². The number of hydrogen-bond donors (Lipinski definition) is 1. The molecule has 4 nitrogen and oxygen atoms in total. The van der Waals surface area contributed by atoms with E-state index in [-0.39, 0.29) is 12.6 Å². The average molecular weight is 248 g/mol. The first kappa shape index (κ1) is 13.0. The maximum Gasteiger partial charge on any atom is 0.151 e. The summed E-state index contributed by atoms with van der Waals surface area (Å²) in [5, 5.41) is 9.51. The molecule has 1 atom stereocenters. The van der Waals surface area contributed by atoms with Gasteiger partial charge in [0.2, 0.25) is 0 Å². The Labute approximate surface area is 108 Å². The Kier molecular flexibility index (Phi) is 4.31. The van der Waals surface area contributed by atoms with Gasteiger partial charge >= 0.3 is 0 Å². The lowest BCUT2D eigenvalue weighted by Crippen LogP contribution is -2.38. The number of anilines is 1. The van der Waals surface area contributed by atoms with E-state index in [0.717, 1.165) is 43.5 Å². The highest BCUT2D eigenvalue weighted by molar-refractivity contribution is 5.75. The van der Waals surface area contributed by atoms with Crippen LogP contribution in [-0.2, 0) is 0 Å². The monoisotopic (exact) mass is 248 g/mol. The second-order valence-electron chi connectivity index (χ2n) is 4.91. The van der Waals surface area contributed by atoms with Crippen LogP contribution < -0.4 is 4.90 Å². The zero-order valence-electron chi connectivity index (χ0n) is 10.8. The molecule has 1 aliphatic heterocycles. The van der Waals surface area contributed by atoms with Crippen LogP contribution in [0.1, 0.15) is 41.6 Å². The highest BCUT2D eigenvalue weighted by Gasteiger charge is 2.22. The molecule has 98 valence electrons. The van der Waals surface area contributed by atoms with E-state index in [0.29, 0.717) is 5.56 Å². The molecule has 1 unspecified atom stereocenters. The van der Waals surface area contributed by atoms with Crippen LogP contribution in [0, 0.1) is 6.92 Å². The van der Waals surface area contributed by atoms with E-state index in [1.807, 2.05) is 13.0 Å². The minimum absolute atomic E-state index is 0.154. The number of aryl methyl sites for hydroxylation is 1.